The molecule has 0 fully saturated rings. The zero-order chi connectivity index (χ0) is 17.9. The van der Waals surface area contributed by atoms with Crippen LogP contribution in [0, 0.1) is 11.8 Å². The number of anilines is 1. The number of carboxylic acid groups (broad SMARTS) is 1. The van der Waals surface area contributed by atoms with Crippen molar-refractivity contribution >= 4 is 23.5 Å². The van der Waals surface area contributed by atoms with Crippen molar-refractivity contribution in [1.29, 1.82) is 0 Å². The topological polar surface area (TPSA) is 83.9 Å². The third-order valence-corrected chi connectivity index (χ3v) is 4.32. The van der Waals surface area contributed by atoms with Crippen molar-refractivity contribution in [3.05, 3.63) is 29.8 Å². The van der Waals surface area contributed by atoms with Gasteiger partial charge < -0.3 is 9.84 Å². The summed E-state index contributed by atoms with van der Waals surface area (Å²) in [4.78, 5) is 37.7. The van der Waals surface area contributed by atoms with E-state index in [4.69, 9.17) is 9.84 Å². The summed E-state index contributed by atoms with van der Waals surface area (Å²) in [5.41, 5.74) is 1.62. The molecule has 6 nitrogen and oxygen atoms in total. The Morgan fingerprint density at radius 2 is 1.92 bits per heavy atom. The van der Waals surface area contributed by atoms with Gasteiger partial charge in [-0.15, -0.1) is 0 Å². The summed E-state index contributed by atoms with van der Waals surface area (Å²) in [6, 6.07) is 6.69. The molecule has 1 aromatic carbocycles. The van der Waals surface area contributed by atoms with Crippen molar-refractivity contribution in [2.24, 2.45) is 11.8 Å². The number of ether oxygens (including phenoxy) is 1. The molecule has 2 rings (SSSR count). The Labute approximate surface area is 141 Å². The highest BCUT2D eigenvalue weighted by Crippen LogP contribution is 2.34. The van der Waals surface area contributed by atoms with Crippen LogP contribution in [0.5, 0.6) is 0 Å². The van der Waals surface area contributed by atoms with Crippen molar-refractivity contribution in [3.8, 4) is 0 Å². The van der Waals surface area contributed by atoms with Gasteiger partial charge in [0, 0.05) is 18.0 Å². The van der Waals surface area contributed by atoms with Gasteiger partial charge in [0.05, 0.1) is 12.5 Å². The Bertz CT molecular complexity index is 642. The maximum atomic E-state index is 12.9. The van der Waals surface area contributed by atoms with Crippen molar-refractivity contribution in [1.82, 2.24) is 0 Å². The Balaban J connectivity index is 2.26. The predicted octanol–water partition coefficient (Wildman–Crippen LogP) is 2.25. The average molecular weight is 333 g/mol. The first-order chi connectivity index (χ1) is 11.4. The van der Waals surface area contributed by atoms with E-state index in [2.05, 4.69) is 0 Å². The third kappa shape index (κ3) is 3.58. The lowest BCUT2D eigenvalue weighted by Gasteiger charge is -2.27. The lowest BCUT2D eigenvalue weighted by Crippen LogP contribution is -2.46. The maximum absolute atomic E-state index is 12.9. The largest absolute Gasteiger partial charge is 0.481 e. The number of benzene rings is 1. The molecular weight excluding hydrogens is 310 g/mol. The van der Waals surface area contributed by atoms with Crippen LogP contribution in [0.25, 0.3) is 0 Å². The molecule has 24 heavy (non-hydrogen) atoms. The monoisotopic (exact) mass is 333 g/mol. The van der Waals surface area contributed by atoms with Crippen LogP contribution < -0.4 is 4.90 Å². The van der Waals surface area contributed by atoms with Gasteiger partial charge in [-0.1, -0.05) is 32.0 Å². The number of carboxylic acids is 1. The van der Waals surface area contributed by atoms with Crippen LogP contribution in [0.4, 0.5) is 5.69 Å². The highest BCUT2D eigenvalue weighted by molar-refractivity contribution is 6.03. The fourth-order valence-electron chi connectivity index (χ4n) is 3.05. The zero-order valence-electron chi connectivity index (χ0n) is 14.2. The zero-order valence-corrected chi connectivity index (χ0v) is 14.2. The maximum Gasteiger partial charge on any atom is 0.329 e. The van der Waals surface area contributed by atoms with E-state index in [-0.39, 0.29) is 18.9 Å². The molecule has 0 aromatic heterocycles. The highest BCUT2D eigenvalue weighted by atomic mass is 16.5. The first kappa shape index (κ1) is 18.0. The lowest BCUT2D eigenvalue weighted by atomic mass is 9.96. The molecule has 0 spiro atoms. The molecule has 1 N–H and O–H groups in total. The van der Waals surface area contributed by atoms with Gasteiger partial charge in [0.2, 0.25) is 5.91 Å². The molecule has 6 heteroatoms. The highest BCUT2D eigenvalue weighted by Gasteiger charge is 2.40. The van der Waals surface area contributed by atoms with E-state index >= 15 is 0 Å². The number of aliphatic carboxylic acids is 1. The Morgan fingerprint density at radius 3 is 2.54 bits per heavy atom. The number of nitrogens with zero attached hydrogens (tertiary/aromatic N) is 1. The van der Waals surface area contributed by atoms with Gasteiger partial charge in [-0.05, 0) is 25.0 Å². The van der Waals surface area contributed by atoms with Crippen LogP contribution in [0.1, 0.15) is 32.8 Å². The molecule has 3 atom stereocenters. The van der Waals surface area contributed by atoms with Gasteiger partial charge in [0.25, 0.3) is 0 Å². The summed E-state index contributed by atoms with van der Waals surface area (Å²) in [6.07, 6.45) is 0.643. The third-order valence-electron chi connectivity index (χ3n) is 4.32. The summed E-state index contributed by atoms with van der Waals surface area (Å²) in [5, 5.41) is 9.05. The van der Waals surface area contributed by atoms with E-state index in [1.165, 1.54) is 4.90 Å². The van der Waals surface area contributed by atoms with Gasteiger partial charge in [-0.25, -0.2) is 4.79 Å². The van der Waals surface area contributed by atoms with Crippen LogP contribution in [-0.4, -0.2) is 35.6 Å². The smallest absolute Gasteiger partial charge is 0.329 e. The number of para-hydroxylation sites is 1. The standard InChI is InChI=1S/C18H23NO5/c1-4-24-18(23)15-10-13-7-5-6-8-14(13)19(15)16(20)11(2)9-12(3)17(21)22/h5-8,11-12,15H,4,9-10H2,1-3H3,(H,21,22)/t11-,12-,15?/m1/s1. The summed E-state index contributed by atoms with van der Waals surface area (Å²) in [7, 11) is 0. The number of esters is 1. The van der Waals surface area contributed by atoms with E-state index in [9.17, 15) is 14.4 Å². The molecule has 1 aliphatic heterocycles. The molecule has 1 aromatic rings. The lowest BCUT2D eigenvalue weighted by molar-refractivity contribution is -0.146. The second kappa shape index (κ2) is 7.47. The van der Waals surface area contributed by atoms with E-state index in [1.807, 2.05) is 18.2 Å². The average Bonchev–Trinajstić information content (AvgIpc) is 2.93. The Morgan fingerprint density at radius 1 is 1.25 bits per heavy atom. The van der Waals surface area contributed by atoms with E-state index in [0.29, 0.717) is 12.1 Å². The molecule has 1 aliphatic rings. The Kier molecular flexibility index (Phi) is 5.59. The minimum absolute atomic E-state index is 0.225. The van der Waals surface area contributed by atoms with Crippen molar-refractivity contribution in [2.75, 3.05) is 11.5 Å². The van der Waals surface area contributed by atoms with Gasteiger partial charge in [-0.3, -0.25) is 14.5 Å². The van der Waals surface area contributed by atoms with Crippen LogP contribution in [0.3, 0.4) is 0 Å². The molecule has 130 valence electrons. The summed E-state index contributed by atoms with van der Waals surface area (Å²) in [5.74, 6) is -2.73. The van der Waals surface area contributed by atoms with Gasteiger partial charge in [0.15, 0.2) is 0 Å². The summed E-state index contributed by atoms with van der Waals surface area (Å²) < 4.78 is 5.11. The second-order valence-electron chi connectivity index (χ2n) is 6.18. The number of amides is 1. The SMILES string of the molecule is CCOC(=O)C1Cc2ccccc2N1C(=O)[C@H](C)C[C@@H](C)C(=O)O. The minimum Gasteiger partial charge on any atom is -0.481 e. The molecule has 1 heterocycles. The van der Waals surface area contributed by atoms with Crippen LogP contribution in [0.2, 0.25) is 0 Å². The van der Waals surface area contributed by atoms with E-state index in [1.54, 1.807) is 26.8 Å². The molecule has 1 amide bonds. The molecule has 1 unspecified atom stereocenters. The van der Waals surface area contributed by atoms with Gasteiger partial charge in [-0.2, -0.15) is 0 Å². The van der Waals surface area contributed by atoms with Crippen LogP contribution in [-0.2, 0) is 25.5 Å². The molecule has 0 saturated carbocycles. The molecule has 0 radical (unpaired) electrons. The van der Waals surface area contributed by atoms with Crippen LogP contribution in [0.15, 0.2) is 24.3 Å². The van der Waals surface area contributed by atoms with Gasteiger partial charge >= 0.3 is 11.9 Å². The number of carbonyl (C=O) groups excluding carboxylic acids is 2. The quantitative estimate of drug-likeness (QED) is 0.807. The minimum atomic E-state index is -0.932. The molecule has 0 saturated heterocycles. The van der Waals surface area contributed by atoms with E-state index in [0.717, 1.165) is 5.56 Å². The van der Waals surface area contributed by atoms with E-state index < -0.39 is 29.8 Å². The number of rotatable bonds is 6. The Hall–Kier alpha value is -2.37. The van der Waals surface area contributed by atoms with Crippen LogP contribution >= 0.6 is 0 Å². The molecular formula is C18H23NO5. The summed E-state index contributed by atoms with van der Waals surface area (Å²) in [6.45, 7) is 5.25. The fraction of sp³-hybridized carbons (Fsp3) is 0.500. The second-order valence-corrected chi connectivity index (χ2v) is 6.18. The fourth-order valence-corrected chi connectivity index (χ4v) is 3.05. The van der Waals surface area contributed by atoms with Crippen molar-refractivity contribution < 1.29 is 24.2 Å². The van der Waals surface area contributed by atoms with Gasteiger partial charge in [0.1, 0.15) is 6.04 Å². The van der Waals surface area contributed by atoms with Crippen molar-refractivity contribution in [2.45, 2.75) is 39.7 Å². The predicted molar refractivity (Wildman–Crippen MR) is 88.6 cm³/mol. The normalized spacial score (nSPS) is 18.6. The first-order valence-corrected chi connectivity index (χ1v) is 8.17. The number of hydrogen-bond donors (Lipinski definition) is 1. The number of hydrogen-bond acceptors (Lipinski definition) is 4. The van der Waals surface area contributed by atoms with Crippen molar-refractivity contribution in [3.63, 3.8) is 0 Å². The first-order valence-electron chi connectivity index (χ1n) is 8.17. The summed E-state index contributed by atoms with van der Waals surface area (Å²) >= 11 is 0. The number of carbonyl (C=O) groups is 3. The number of fused-ring (bicyclic) bond motifs is 1. The molecule has 0 bridgehead atoms. The molecule has 0 aliphatic carbocycles.